The second-order valence-corrected chi connectivity index (χ2v) is 4.25. The minimum atomic E-state index is -0.0785. The zero-order valence-electron chi connectivity index (χ0n) is 14.0. The Hall–Kier alpha value is -1.76. The first-order valence-electron chi connectivity index (χ1n) is 6.73. The molecular weight excluding hydrogens is 274 g/mol. The molecule has 0 saturated carbocycles. The Morgan fingerprint density at radius 3 is 1.00 bits per heavy atom. The number of ketones is 2. The molecule has 0 radical (unpaired) electrons. The van der Waals surface area contributed by atoms with Gasteiger partial charge in [0.25, 0.3) is 0 Å². The van der Waals surface area contributed by atoms with Crippen molar-refractivity contribution in [3.63, 3.8) is 0 Å². The van der Waals surface area contributed by atoms with E-state index in [1.165, 1.54) is 13.8 Å². The summed E-state index contributed by atoms with van der Waals surface area (Å²) in [5.41, 5.74) is 0. The van der Waals surface area contributed by atoms with Gasteiger partial charge in [-0.05, 0) is 27.9 Å². The first-order valence-corrected chi connectivity index (χ1v) is 6.73. The smallest absolute Gasteiger partial charge is 0.220 e. The lowest BCUT2D eigenvalue weighted by molar-refractivity contribution is -0.124. The molecular formula is C14H29N3O4. The van der Waals surface area contributed by atoms with Crippen LogP contribution in [0.2, 0.25) is 0 Å². The van der Waals surface area contributed by atoms with Gasteiger partial charge in [0.1, 0.15) is 11.6 Å². The highest BCUT2D eigenvalue weighted by atomic mass is 16.2. The summed E-state index contributed by atoms with van der Waals surface area (Å²) in [7, 11) is 6.87. The molecule has 0 heterocycles. The summed E-state index contributed by atoms with van der Waals surface area (Å²) in [5, 5.41) is 7.61. The first kappa shape index (κ1) is 24.3. The number of nitrogens with one attached hydrogen (secondary N) is 3. The maximum absolute atomic E-state index is 10.5. The molecule has 7 heteroatoms. The number of Topliss-reactive ketones (excluding diaryl/α,β-unsaturated/α-hetero) is 2. The quantitative estimate of drug-likeness (QED) is 0.642. The molecule has 0 spiro atoms. The highest BCUT2D eigenvalue weighted by Crippen LogP contribution is 1.88. The number of carbonyl (C=O) groups excluding carboxylic acids is 4. The fraction of sp³-hybridized carbons (Fsp3) is 0.714. The summed E-state index contributed by atoms with van der Waals surface area (Å²) in [6, 6.07) is 0. The van der Waals surface area contributed by atoms with Crippen LogP contribution in [0.5, 0.6) is 0 Å². The number of rotatable bonds is 6. The third-order valence-corrected chi connectivity index (χ3v) is 1.97. The lowest BCUT2D eigenvalue weighted by Crippen LogP contribution is -2.17. The number of carbonyl (C=O) groups is 4. The summed E-state index contributed by atoms with van der Waals surface area (Å²) < 4.78 is 0. The van der Waals surface area contributed by atoms with E-state index in [1.807, 2.05) is 14.1 Å². The van der Waals surface area contributed by atoms with E-state index in [0.717, 1.165) is 0 Å². The van der Waals surface area contributed by atoms with Gasteiger partial charge in [-0.1, -0.05) is 0 Å². The van der Waals surface area contributed by atoms with Crippen molar-refractivity contribution in [1.29, 1.82) is 0 Å². The average molecular weight is 303 g/mol. The molecule has 0 aliphatic rings. The fourth-order valence-corrected chi connectivity index (χ4v) is 0.829. The van der Waals surface area contributed by atoms with Crippen molar-refractivity contribution in [3.05, 3.63) is 0 Å². The maximum atomic E-state index is 10.5. The molecule has 2 amide bonds. The summed E-state index contributed by atoms with van der Waals surface area (Å²) >= 11 is 0. The molecule has 0 aromatic carbocycles. The third kappa shape index (κ3) is 32.1. The number of hydrogen-bond acceptors (Lipinski definition) is 5. The molecule has 0 aliphatic carbocycles. The van der Waals surface area contributed by atoms with Crippen LogP contribution in [-0.2, 0) is 19.2 Å². The van der Waals surface area contributed by atoms with E-state index in [-0.39, 0.29) is 23.4 Å². The van der Waals surface area contributed by atoms with Crippen molar-refractivity contribution in [2.24, 2.45) is 0 Å². The zero-order valence-corrected chi connectivity index (χ0v) is 14.0. The second kappa shape index (κ2) is 18.2. The summed E-state index contributed by atoms with van der Waals surface area (Å²) in [4.78, 5) is 41.5. The predicted molar refractivity (Wildman–Crippen MR) is 82.9 cm³/mol. The maximum Gasteiger partial charge on any atom is 0.220 e. The summed E-state index contributed by atoms with van der Waals surface area (Å²) in [6.07, 6.45) is 1.32. The van der Waals surface area contributed by atoms with Gasteiger partial charge < -0.3 is 25.5 Å². The SMILES string of the molecule is CNC.CNC(=O)CCC(C)=O.CNC(=O)CCC(C)=O. The average Bonchev–Trinajstić information content (AvgIpc) is 2.43. The summed E-state index contributed by atoms with van der Waals surface area (Å²) in [5.74, 6) is -0.0485. The van der Waals surface area contributed by atoms with Crippen molar-refractivity contribution in [2.45, 2.75) is 39.5 Å². The van der Waals surface area contributed by atoms with E-state index in [2.05, 4.69) is 16.0 Å². The zero-order chi connectivity index (χ0) is 17.3. The molecule has 3 N–H and O–H groups in total. The van der Waals surface area contributed by atoms with Gasteiger partial charge in [-0.15, -0.1) is 0 Å². The largest absolute Gasteiger partial charge is 0.359 e. The minimum Gasteiger partial charge on any atom is -0.359 e. The van der Waals surface area contributed by atoms with Crippen molar-refractivity contribution < 1.29 is 19.2 Å². The van der Waals surface area contributed by atoms with Crippen LogP contribution in [-0.4, -0.2) is 51.6 Å². The lowest BCUT2D eigenvalue weighted by atomic mass is 10.2. The van der Waals surface area contributed by atoms with Gasteiger partial charge in [0.05, 0.1) is 0 Å². The molecule has 0 bridgehead atoms. The highest BCUT2D eigenvalue weighted by molar-refractivity contribution is 5.83. The van der Waals surface area contributed by atoms with Gasteiger partial charge in [-0.2, -0.15) is 0 Å². The van der Waals surface area contributed by atoms with Crippen LogP contribution in [0, 0.1) is 0 Å². The van der Waals surface area contributed by atoms with E-state index >= 15 is 0 Å². The van der Waals surface area contributed by atoms with Gasteiger partial charge in [0.15, 0.2) is 0 Å². The molecule has 0 atom stereocenters. The van der Waals surface area contributed by atoms with E-state index in [0.29, 0.717) is 25.7 Å². The first-order chi connectivity index (χ1) is 9.74. The molecule has 7 nitrogen and oxygen atoms in total. The number of hydrogen-bond donors (Lipinski definition) is 3. The predicted octanol–water partition coefficient (Wildman–Crippen LogP) is 0.0388. The Kier molecular flexibility index (Phi) is 21.1. The molecule has 0 unspecified atom stereocenters. The third-order valence-electron chi connectivity index (χ3n) is 1.97. The molecule has 0 aromatic heterocycles. The molecule has 0 aromatic rings. The second-order valence-electron chi connectivity index (χ2n) is 4.25. The molecule has 124 valence electrons. The molecule has 0 fully saturated rings. The fourth-order valence-electron chi connectivity index (χ4n) is 0.829. The van der Waals surface area contributed by atoms with Crippen LogP contribution in [0.4, 0.5) is 0 Å². The van der Waals surface area contributed by atoms with E-state index in [1.54, 1.807) is 14.1 Å². The van der Waals surface area contributed by atoms with Crippen molar-refractivity contribution in [3.8, 4) is 0 Å². The Morgan fingerprint density at radius 1 is 0.619 bits per heavy atom. The Labute approximate surface area is 127 Å². The van der Waals surface area contributed by atoms with Crippen LogP contribution < -0.4 is 16.0 Å². The van der Waals surface area contributed by atoms with Crippen LogP contribution in [0.3, 0.4) is 0 Å². The highest BCUT2D eigenvalue weighted by Gasteiger charge is 1.99. The van der Waals surface area contributed by atoms with Gasteiger partial charge in [0.2, 0.25) is 11.8 Å². The Bertz CT molecular complexity index is 287. The Balaban J connectivity index is -0.000000260. The number of amides is 2. The van der Waals surface area contributed by atoms with Crippen LogP contribution in [0.1, 0.15) is 39.5 Å². The monoisotopic (exact) mass is 303 g/mol. The Morgan fingerprint density at radius 2 is 0.857 bits per heavy atom. The van der Waals surface area contributed by atoms with Crippen LogP contribution in [0.15, 0.2) is 0 Å². The topological polar surface area (TPSA) is 104 Å². The summed E-state index contributed by atoms with van der Waals surface area (Å²) in [6.45, 7) is 2.95. The molecule has 0 aliphatic heterocycles. The van der Waals surface area contributed by atoms with E-state index in [4.69, 9.17) is 0 Å². The van der Waals surface area contributed by atoms with Crippen molar-refractivity contribution in [2.75, 3.05) is 28.2 Å². The van der Waals surface area contributed by atoms with E-state index in [9.17, 15) is 19.2 Å². The van der Waals surface area contributed by atoms with Crippen molar-refractivity contribution >= 4 is 23.4 Å². The molecule has 21 heavy (non-hydrogen) atoms. The molecule has 0 rings (SSSR count). The molecule has 0 saturated heterocycles. The van der Waals surface area contributed by atoms with Crippen LogP contribution in [0.25, 0.3) is 0 Å². The van der Waals surface area contributed by atoms with Crippen LogP contribution >= 0.6 is 0 Å². The van der Waals surface area contributed by atoms with Crippen molar-refractivity contribution in [1.82, 2.24) is 16.0 Å². The van der Waals surface area contributed by atoms with Gasteiger partial charge in [-0.3, -0.25) is 9.59 Å². The minimum absolute atomic E-state index is 0.0543. The van der Waals surface area contributed by atoms with Gasteiger partial charge >= 0.3 is 0 Å². The normalized spacial score (nSPS) is 8.29. The standard InChI is InChI=1S/2C6H11NO2.C2H7N/c2*1-5(8)3-4-6(9)7-2;1-3-2/h2*3-4H2,1-2H3,(H,7,9);3H,1-2H3. The van der Waals surface area contributed by atoms with Gasteiger partial charge in [0, 0.05) is 39.8 Å². The van der Waals surface area contributed by atoms with E-state index < -0.39 is 0 Å². The lowest BCUT2D eigenvalue weighted by Gasteiger charge is -1.93. The van der Waals surface area contributed by atoms with Gasteiger partial charge in [-0.25, -0.2) is 0 Å².